The van der Waals surface area contributed by atoms with Crippen molar-refractivity contribution < 1.29 is 14.3 Å². The van der Waals surface area contributed by atoms with Gasteiger partial charge in [-0.25, -0.2) is 0 Å². The van der Waals surface area contributed by atoms with Crippen molar-refractivity contribution in [3.8, 4) is 0 Å². The van der Waals surface area contributed by atoms with Gasteiger partial charge in [0.1, 0.15) is 0 Å². The number of aryl methyl sites for hydroxylation is 2. The fourth-order valence-electron chi connectivity index (χ4n) is 2.34. The molecule has 0 aliphatic carbocycles. The molecular formula is C21H25NO3S. The Morgan fingerprint density at radius 1 is 1.08 bits per heavy atom. The van der Waals surface area contributed by atoms with Gasteiger partial charge in [-0.3, -0.25) is 9.59 Å². The fraction of sp³-hybridized carbons (Fsp3) is 0.333. The highest BCUT2D eigenvalue weighted by Crippen LogP contribution is 2.23. The molecule has 0 unspecified atom stereocenters. The van der Waals surface area contributed by atoms with Crippen LogP contribution in [0, 0.1) is 13.8 Å². The lowest BCUT2D eigenvalue weighted by atomic mass is 10.0. The second-order valence-corrected chi connectivity index (χ2v) is 7.56. The number of thioether (sulfide) groups is 1. The second-order valence-electron chi connectivity index (χ2n) is 6.54. The molecule has 4 nitrogen and oxygen atoms in total. The molecule has 2 aromatic carbocycles. The lowest BCUT2D eigenvalue weighted by molar-refractivity contribution is -0.144. The van der Waals surface area contributed by atoms with Crippen molar-refractivity contribution in [3.05, 3.63) is 59.2 Å². The second kappa shape index (κ2) is 9.43. The first kappa shape index (κ1) is 20.0. The molecule has 26 heavy (non-hydrogen) atoms. The zero-order chi connectivity index (χ0) is 19.1. The average molecular weight is 372 g/mol. The summed E-state index contributed by atoms with van der Waals surface area (Å²) in [6.45, 7) is 7.97. The summed E-state index contributed by atoms with van der Waals surface area (Å²) in [5.74, 6) is -0.121. The lowest BCUT2D eigenvalue weighted by Gasteiger charge is -2.09. The van der Waals surface area contributed by atoms with Crippen LogP contribution in [0.3, 0.4) is 0 Å². The van der Waals surface area contributed by atoms with Gasteiger partial charge in [-0.2, -0.15) is 0 Å². The van der Waals surface area contributed by atoms with E-state index in [4.69, 9.17) is 4.74 Å². The highest BCUT2D eigenvalue weighted by molar-refractivity contribution is 8.00. The highest BCUT2D eigenvalue weighted by Gasteiger charge is 2.10. The number of hydrogen-bond donors (Lipinski definition) is 1. The van der Waals surface area contributed by atoms with E-state index in [-0.39, 0.29) is 18.3 Å². The van der Waals surface area contributed by atoms with E-state index >= 15 is 0 Å². The summed E-state index contributed by atoms with van der Waals surface area (Å²) < 4.78 is 5.06. The molecule has 1 N–H and O–H groups in total. The molecule has 0 radical (unpaired) electrons. The molecule has 1 amide bonds. The molecule has 0 bridgehead atoms. The van der Waals surface area contributed by atoms with E-state index in [0.717, 1.165) is 16.0 Å². The first-order chi connectivity index (χ1) is 12.3. The largest absolute Gasteiger partial charge is 0.455 e. The maximum Gasteiger partial charge on any atom is 0.316 e. The number of ether oxygens (including phenoxy) is 1. The van der Waals surface area contributed by atoms with E-state index in [9.17, 15) is 9.59 Å². The van der Waals surface area contributed by atoms with Crippen LogP contribution in [-0.2, 0) is 14.3 Å². The van der Waals surface area contributed by atoms with Crippen LogP contribution in [0.25, 0.3) is 0 Å². The van der Waals surface area contributed by atoms with Crippen molar-refractivity contribution in [2.24, 2.45) is 0 Å². The molecule has 0 atom stereocenters. The molecule has 0 saturated carbocycles. The van der Waals surface area contributed by atoms with Gasteiger partial charge in [0.2, 0.25) is 0 Å². The number of rotatable bonds is 7. The number of esters is 1. The predicted molar refractivity (Wildman–Crippen MR) is 107 cm³/mol. The molecule has 5 heteroatoms. The van der Waals surface area contributed by atoms with Crippen molar-refractivity contribution in [3.63, 3.8) is 0 Å². The maximum atomic E-state index is 11.9. The molecule has 0 aliphatic heterocycles. The number of carbonyl (C=O) groups is 2. The summed E-state index contributed by atoms with van der Waals surface area (Å²) in [5.41, 5.74) is 4.17. The summed E-state index contributed by atoms with van der Waals surface area (Å²) in [4.78, 5) is 24.8. The molecule has 2 rings (SSSR count). The third-order valence-corrected chi connectivity index (χ3v) is 5.05. The van der Waals surface area contributed by atoms with Crippen LogP contribution in [0.1, 0.15) is 36.5 Å². The van der Waals surface area contributed by atoms with Crippen LogP contribution in [0.15, 0.2) is 47.4 Å². The smallest absolute Gasteiger partial charge is 0.316 e. The Hall–Kier alpha value is -2.27. The summed E-state index contributed by atoms with van der Waals surface area (Å²) in [7, 11) is 0. The van der Waals surface area contributed by atoms with Crippen LogP contribution in [0.2, 0.25) is 0 Å². The van der Waals surface area contributed by atoms with Gasteiger partial charge in [0.15, 0.2) is 6.61 Å². The van der Waals surface area contributed by atoms with Crippen molar-refractivity contribution in [1.82, 2.24) is 0 Å². The van der Waals surface area contributed by atoms with Gasteiger partial charge in [0.25, 0.3) is 5.91 Å². The van der Waals surface area contributed by atoms with Crippen LogP contribution < -0.4 is 5.32 Å². The zero-order valence-electron chi connectivity index (χ0n) is 15.7. The maximum absolute atomic E-state index is 11.9. The van der Waals surface area contributed by atoms with Crippen molar-refractivity contribution >= 4 is 29.3 Å². The summed E-state index contributed by atoms with van der Waals surface area (Å²) in [6, 6.07) is 13.8. The minimum absolute atomic E-state index is 0.181. The number of carbonyl (C=O) groups excluding carboxylic acids is 2. The zero-order valence-corrected chi connectivity index (χ0v) is 16.5. The van der Waals surface area contributed by atoms with Crippen LogP contribution in [-0.4, -0.2) is 24.2 Å². The Balaban J connectivity index is 1.76. The molecular weight excluding hydrogens is 346 g/mol. The molecule has 138 valence electrons. The number of anilines is 1. The number of benzene rings is 2. The van der Waals surface area contributed by atoms with Gasteiger partial charge < -0.3 is 10.1 Å². The summed E-state index contributed by atoms with van der Waals surface area (Å²) >= 11 is 1.42. The van der Waals surface area contributed by atoms with Crippen molar-refractivity contribution in [2.75, 3.05) is 17.7 Å². The van der Waals surface area contributed by atoms with E-state index in [1.165, 1.54) is 17.3 Å². The number of nitrogens with one attached hydrogen (secondary N) is 1. The SMILES string of the molecule is Cc1ccc(C)c(SCC(=O)OCC(=O)Nc2ccc(C(C)C)cc2)c1. The van der Waals surface area contributed by atoms with Crippen LogP contribution in [0.5, 0.6) is 0 Å². The number of hydrogen-bond acceptors (Lipinski definition) is 4. The Kier molecular flexibility index (Phi) is 7.27. The molecule has 0 spiro atoms. The average Bonchev–Trinajstić information content (AvgIpc) is 2.61. The van der Waals surface area contributed by atoms with Crippen molar-refractivity contribution in [1.29, 1.82) is 0 Å². The van der Waals surface area contributed by atoms with Gasteiger partial charge in [-0.15, -0.1) is 11.8 Å². The topological polar surface area (TPSA) is 55.4 Å². The van der Waals surface area contributed by atoms with Gasteiger partial charge in [-0.1, -0.05) is 43.7 Å². The third-order valence-electron chi connectivity index (χ3n) is 3.91. The lowest BCUT2D eigenvalue weighted by Crippen LogP contribution is -2.21. The predicted octanol–water partition coefficient (Wildman–Crippen LogP) is 4.70. The van der Waals surface area contributed by atoms with E-state index in [1.807, 2.05) is 56.3 Å². The molecule has 0 heterocycles. The normalized spacial score (nSPS) is 10.7. The minimum Gasteiger partial charge on any atom is -0.455 e. The van der Waals surface area contributed by atoms with E-state index in [2.05, 4.69) is 19.2 Å². The van der Waals surface area contributed by atoms with Gasteiger partial charge in [0, 0.05) is 10.6 Å². The quantitative estimate of drug-likeness (QED) is 0.566. The Labute approximate surface area is 159 Å². The minimum atomic E-state index is -0.402. The Morgan fingerprint density at radius 2 is 1.77 bits per heavy atom. The Morgan fingerprint density at radius 3 is 2.42 bits per heavy atom. The first-order valence-electron chi connectivity index (χ1n) is 8.60. The standard InChI is InChI=1S/C21H25NO3S/c1-14(2)17-7-9-18(10-8-17)22-20(23)12-25-21(24)13-26-19-11-15(3)5-6-16(19)4/h5-11,14H,12-13H2,1-4H3,(H,22,23). The van der Waals surface area contributed by atoms with Crippen LogP contribution >= 0.6 is 11.8 Å². The van der Waals surface area contributed by atoms with E-state index in [1.54, 1.807) is 0 Å². The van der Waals surface area contributed by atoms with E-state index in [0.29, 0.717) is 11.6 Å². The van der Waals surface area contributed by atoms with Gasteiger partial charge in [0.05, 0.1) is 5.75 Å². The highest BCUT2D eigenvalue weighted by atomic mass is 32.2. The van der Waals surface area contributed by atoms with Crippen molar-refractivity contribution in [2.45, 2.75) is 38.5 Å². The molecule has 0 saturated heterocycles. The Bertz CT molecular complexity index is 769. The monoisotopic (exact) mass is 371 g/mol. The first-order valence-corrected chi connectivity index (χ1v) is 9.59. The fourth-order valence-corrected chi connectivity index (χ4v) is 3.26. The summed E-state index contributed by atoms with van der Waals surface area (Å²) in [5, 5.41) is 2.73. The van der Waals surface area contributed by atoms with Crippen LogP contribution in [0.4, 0.5) is 5.69 Å². The number of amides is 1. The third kappa shape index (κ3) is 6.23. The summed E-state index contributed by atoms with van der Waals surface area (Å²) in [6.07, 6.45) is 0. The van der Waals surface area contributed by atoms with Gasteiger partial charge in [-0.05, 0) is 49.1 Å². The van der Waals surface area contributed by atoms with Gasteiger partial charge >= 0.3 is 5.97 Å². The molecule has 0 aromatic heterocycles. The molecule has 0 fully saturated rings. The van der Waals surface area contributed by atoms with E-state index < -0.39 is 5.97 Å². The molecule has 0 aliphatic rings. The molecule has 2 aromatic rings.